The van der Waals surface area contributed by atoms with Gasteiger partial charge in [0.05, 0.1) is 33.9 Å². The lowest BCUT2D eigenvalue weighted by Gasteiger charge is -2.28. The maximum atomic E-state index is 12.7. The second-order valence-electron chi connectivity index (χ2n) is 15.5. The predicted molar refractivity (Wildman–Crippen MR) is 250 cm³/mol. The van der Waals surface area contributed by atoms with Crippen molar-refractivity contribution in [3.05, 3.63) is 122 Å². The van der Waals surface area contributed by atoms with E-state index in [1.165, 1.54) is 25.7 Å². The minimum absolute atomic E-state index is 0.0712. The fourth-order valence-electron chi connectivity index (χ4n) is 5.05. The molecule has 11 heteroatoms. The fraction of sp³-hybridized carbons (Fsp3) is 0.560. The number of allylic oxidation sites excluding steroid dienone is 18. The lowest BCUT2D eigenvalue weighted by atomic mass is 10.2. The van der Waals surface area contributed by atoms with Gasteiger partial charge in [0.15, 0.2) is 6.10 Å². The first kappa shape index (κ1) is 57.4. The van der Waals surface area contributed by atoms with Crippen molar-refractivity contribution in [2.75, 3.05) is 47.5 Å². The van der Waals surface area contributed by atoms with E-state index in [4.69, 9.17) is 18.5 Å². The van der Waals surface area contributed by atoms with E-state index in [2.05, 4.69) is 74.6 Å². The Labute approximate surface area is 370 Å². The summed E-state index contributed by atoms with van der Waals surface area (Å²) >= 11 is 0. The Kier molecular flexibility index (Phi) is 38.0. The smallest absolute Gasteiger partial charge is 0.306 e. The number of ether oxygens (including phenoxy) is 2. The molecule has 0 aliphatic heterocycles. The summed E-state index contributed by atoms with van der Waals surface area (Å²) in [5, 5.41) is 10.0. The number of esters is 2. The first-order valence-corrected chi connectivity index (χ1v) is 23.8. The Balaban J connectivity index is 4.66. The molecular weight excluding hydrogens is 790 g/mol. The molecule has 0 radical (unpaired) electrons. The van der Waals surface area contributed by atoms with Crippen LogP contribution in [0.4, 0.5) is 0 Å². The Hall–Kier alpha value is -3.63. The number of quaternary nitrogens is 1. The van der Waals surface area contributed by atoms with Gasteiger partial charge < -0.3 is 33.0 Å². The molecular formula is C50H80NO9P. The summed E-state index contributed by atoms with van der Waals surface area (Å²) < 4.78 is 33.7. The van der Waals surface area contributed by atoms with E-state index in [1.54, 1.807) is 6.08 Å². The van der Waals surface area contributed by atoms with Crippen LogP contribution in [0.5, 0.6) is 0 Å². The van der Waals surface area contributed by atoms with Crippen molar-refractivity contribution in [1.82, 2.24) is 0 Å². The Bertz CT molecular complexity index is 1460. The third kappa shape index (κ3) is 44.2. The number of phosphoric ester groups is 1. The zero-order valence-electron chi connectivity index (χ0n) is 38.2. The van der Waals surface area contributed by atoms with Gasteiger partial charge >= 0.3 is 11.9 Å². The van der Waals surface area contributed by atoms with Gasteiger partial charge in [-0.3, -0.25) is 14.2 Å². The molecule has 0 rings (SSSR count). The molecule has 1 N–H and O–H groups in total. The minimum atomic E-state index is -4.68. The second kappa shape index (κ2) is 40.4. The Morgan fingerprint density at radius 1 is 0.623 bits per heavy atom. The summed E-state index contributed by atoms with van der Waals surface area (Å²) in [6.07, 6.45) is 52.8. The standard InChI is InChI=1S/C50H80NO9P/c1-6-8-10-12-14-15-16-17-18-19-20-21-22-23-24-25-29-33-37-41-49(53)57-45-48(46-59-61(55,56)58-44-43-51(3,4)5)60-50(54)42-38-34-30-27-26-28-32-36-40-47(52)39-35-31-13-11-9-7-2/h9,11,14-15,17-18,20-21,23-24,27-33,35-36,40,47-48,52H,6-8,10,12-13,16,19,22,25-26,34,37-39,41-46H2,1-5H3/b11-9-,15-14-,18-17-,21-20-,24-23-,30-27-,32-28-,33-29-,35-31-,40-36+/t47?,48-/m1/s1. The van der Waals surface area contributed by atoms with Crippen LogP contribution in [-0.4, -0.2) is 81.2 Å². The number of carbonyl (C=O) groups excluding carboxylic acids is 2. The summed E-state index contributed by atoms with van der Waals surface area (Å²) in [4.78, 5) is 37.5. The number of phosphoric acid groups is 1. The number of carbonyl (C=O) groups is 2. The molecule has 0 heterocycles. The third-order valence-corrected chi connectivity index (χ3v) is 9.52. The highest BCUT2D eigenvalue weighted by molar-refractivity contribution is 7.45. The quantitative estimate of drug-likeness (QED) is 0.0161. The van der Waals surface area contributed by atoms with Gasteiger partial charge in [-0.05, 0) is 83.5 Å². The lowest BCUT2D eigenvalue weighted by Crippen LogP contribution is -2.37. The van der Waals surface area contributed by atoms with E-state index in [0.717, 1.165) is 38.5 Å². The molecule has 10 nitrogen and oxygen atoms in total. The Morgan fingerprint density at radius 3 is 1.75 bits per heavy atom. The average molecular weight is 870 g/mol. The molecule has 0 saturated carbocycles. The van der Waals surface area contributed by atoms with E-state index >= 15 is 0 Å². The molecule has 3 atom stereocenters. The van der Waals surface area contributed by atoms with Gasteiger partial charge in [-0.2, -0.15) is 0 Å². The van der Waals surface area contributed by atoms with Crippen molar-refractivity contribution in [3.63, 3.8) is 0 Å². The zero-order valence-corrected chi connectivity index (χ0v) is 39.1. The van der Waals surface area contributed by atoms with Crippen LogP contribution in [0.2, 0.25) is 0 Å². The van der Waals surface area contributed by atoms with Crippen LogP contribution in [0.1, 0.15) is 123 Å². The Morgan fingerprint density at radius 2 is 1.16 bits per heavy atom. The minimum Gasteiger partial charge on any atom is -0.756 e. The molecule has 0 saturated heterocycles. The molecule has 0 spiro atoms. The number of likely N-dealkylation sites (N-methyl/N-ethyl adjacent to an activating group) is 1. The summed E-state index contributed by atoms with van der Waals surface area (Å²) in [5.74, 6) is -1.05. The summed E-state index contributed by atoms with van der Waals surface area (Å²) in [6, 6.07) is 0. The van der Waals surface area contributed by atoms with Gasteiger partial charge in [0, 0.05) is 12.8 Å². The van der Waals surface area contributed by atoms with Crippen molar-refractivity contribution >= 4 is 19.8 Å². The summed E-state index contributed by atoms with van der Waals surface area (Å²) in [6.45, 7) is 3.80. The van der Waals surface area contributed by atoms with E-state index in [-0.39, 0.29) is 26.1 Å². The lowest BCUT2D eigenvalue weighted by molar-refractivity contribution is -0.870. The van der Waals surface area contributed by atoms with Gasteiger partial charge in [0.25, 0.3) is 7.82 Å². The van der Waals surface area contributed by atoms with Crippen LogP contribution in [0.15, 0.2) is 122 Å². The van der Waals surface area contributed by atoms with Crippen LogP contribution in [-0.2, 0) is 32.7 Å². The molecule has 0 aliphatic carbocycles. The highest BCUT2D eigenvalue weighted by Gasteiger charge is 2.21. The highest BCUT2D eigenvalue weighted by atomic mass is 31.2. The monoisotopic (exact) mass is 870 g/mol. The van der Waals surface area contributed by atoms with Crippen LogP contribution in [0.3, 0.4) is 0 Å². The number of unbranched alkanes of at least 4 members (excludes halogenated alkanes) is 4. The van der Waals surface area contributed by atoms with Crippen LogP contribution >= 0.6 is 7.82 Å². The second-order valence-corrected chi connectivity index (χ2v) is 16.9. The van der Waals surface area contributed by atoms with E-state index < -0.39 is 38.6 Å². The fourth-order valence-corrected chi connectivity index (χ4v) is 5.78. The molecule has 61 heavy (non-hydrogen) atoms. The average Bonchev–Trinajstić information content (AvgIpc) is 3.21. The first-order valence-electron chi connectivity index (χ1n) is 22.4. The van der Waals surface area contributed by atoms with Crippen LogP contribution in [0, 0.1) is 0 Å². The SMILES string of the molecule is CC/C=C\C/C=C\CC(O)/C=C/C=C\C/C=C\CCCC(=O)O[C@H](COC(=O)CC/C=C\C/C=C\C/C=C\C/C=C\C/C=C\CCCCC)COP(=O)([O-])OCC[N+](C)(C)C. The topological polar surface area (TPSA) is 131 Å². The third-order valence-electron chi connectivity index (χ3n) is 8.56. The van der Waals surface area contributed by atoms with E-state index in [0.29, 0.717) is 43.1 Å². The number of aliphatic hydroxyl groups is 1. The number of rotatable bonds is 38. The van der Waals surface area contributed by atoms with Gasteiger partial charge in [-0.1, -0.05) is 148 Å². The van der Waals surface area contributed by atoms with Crippen molar-refractivity contribution in [2.24, 2.45) is 0 Å². The largest absolute Gasteiger partial charge is 0.756 e. The maximum absolute atomic E-state index is 12.7. The molecule has 0 fully saturated rings. The van der Waals surface area contributed by atoms with Gasteiger partial charge in [-0.15, -0.1) is 0 Å². The van der Waals surface area contributed by atoms with Gasteiger partial charge in [-0.25, -0.2) is 0 Å². The molecule has 0 aliphatic rings. The molecule has 0 aromatic heterocycles. The van der Waals surface area contributed by atoms with Crippen molar-refractivity contribution in [1.29, 1.82) is 0 Å². The maximum Gasteiger partial charge on any atom is 0.306 e. The van der Waals surface area contributed by atoms with Crippen LogP contribution in [0.25, 0.3) is 0 Å². The van der Waals surface area contributed by atoms with Crippen molar-refractivity contribution in [2.45, 2.75) is 135 Å². The summed E-state index contributed by atoms with van der Waals surface area (Å²) in [7, 11) is 1.03. The number of hydrogen-bond acceptors (Lipinski definition) is 9. The normalized spacial score (nSPS) is 15.2. The number of hydrogen-bond donors (Lipinski definition) is 1. The van der Waals surface area contributed by atoms with Crippen LogP contribution < -0.4 is 4.89 Å². The van der Waals surface area contributed by atoms with Crippen molar-refractivity contribution in [3.8, 4) is 0 Å². The first-order chi connectivity index (χ1) is 29.4. The number of aliphatic hydroxyl groups excluding tert-OH is 1. The molecule has 0 aromatic carbocycles. The zero-order chi connectivity index (χ0) is 45.1. The van der Waals surface area contributed by atoms with E-state index in [1.807, 2.05) is 75.8 Å². The number of nitrogens with zero attached hydrogens (tertiary/aromatic N) is 1. The molecule has 0 amide bonds. The molecule has 344 valence electrons. The van der Waals surface area contributed by atoms with Gasteiger partial charge in [0.2, 0.25) is 0 Å². The predicted octanol–water partition coefficient (Wildman–Crippen LogP) is 11.2. The van der Waals surface area contributed by atoms with Crippen molar-refractivity contribution < 1.29 is 47.2 Å². The van der Waals surface area contributed by atoms with Gasteiger partial charge in [0.1, 0.15) is 19.8 Å². The highest BCUT2D eigenvalue weighted by Crippen LogP contribution is 2.38. The molecule has 0 bridgehead atoms. The molecule has 0 aromatic rings. The van der Waals surface area contributed by atoms with E-state index in [9.17, 15) is 24.2 Å². The summed E-state index contributed by atoms with van der Waals surface area (Å²) in [5.41, 5.74) is 0. The molecule has 2 unspecified atom stereocenters.